The molecule has 3 rings (SSSR count). The van der Waals surface area contributed by atoms with Gasteiger partial charge in [-0.25, -0.2) is 4.98 Å². The second kappa shape index (κ2) is 4.15. The zero-order valence-corrected chi connectivity index (χ0v) is 10.7. The van der Waals surface area contributed by atoms with Crippen molar-refractivity contribution in [1.82, 2.24) is 19.7 Å². The van der Waals surface area contributed by atoms with E-state index in [-0.39, 0.29) is 20.1 Å². The summed E-state index contributed by atoms with van der Waals surface area (Å²) in [5.41, 5.74) is 2.38. The Bertz CT molecular complexity index is 616. The Balaban J connectivity index is 0.000000963. The van der Waals surface area contributed by atoms with E-state index in [4.69, 9.17) is 4.42 Å². The van der Waals surface area contributed by atoms with E-state index in [9.17, 15) is 0 Å². The van der Waals surface area contributed by atoms with Gasteiger partial charge in [0.25, 0.3) is 0 Å². The molecule has 0 amide bonds. The SMILES string of the molecule is Cn1ncnc1-c1[c-]cc2ocnc2c1.[Ir]. The summed E-state index contributed by atoms with van der Waals surface area (Å²) >= 11 is 0. The number of nitrogens with zero attached hydrogens (tertiary/aromatic N) is 4. The van der Waals surface area contributed by atoms with Crippen molar-refractivity contribution in [2.24, 2.45) is 7.05 Å². The van der Waals surface area contributed by atoms with E-state index in [1.807, 2.05) is 13.1 Å². The van der Waals surface area contributed by atoms with Gasteiger partial charge in [0.05, 0.1) is 11.4 Å². The molecule has 1 aromatic carbocycles. The van der Waals surface area contributed by atoms with Crippen LogP contribution in [0.3, 0.4) is 0 Å². The fraction of sp³-hybridized carbons (Fsp3) is 0.100. The minimum atomic E-state index is 0. The van der Waals surface area contributed by atoms with Crippen LogP contribution in [-0.2, 0) is 27.2 Å². The number of rotatable bonds is 1. The first-order valence-corrected chi connectivity index (χ1v) is 4.44. The van der Waals surface area contributed by atoms with E-state index in [0.717, 1.165) is 22.5 Å². The third kappa shape index (κ3) is 1.66. The summed E-state index contributed by atoms with van der Waals surface area (Å²) in [5.74, 6) is 0.764. The Labute approximate surface area is 105 Å². The molecule has 0 spiro atoms. The molecule has 0 atom stereocenters. The van der Waals surface area contributed by atoms with Crippen molar-refractivity contribution in [3.63, 3.8) is 0 Å². The fourth-order valence-electron chi connectivity index (χ4n) is 1.47. The number of benzene rings is 1. The van der Waals surface area contributed by atoms with Gasteiger partial charge in [-0.3, -0.25) is 9.67 Å². The second-order valence-electron chi connectivity index (χ2n) is 3.16. The van der Waals surface area contributed by atoms with E-state index < -0.39 is 0 Å². The molecule has 83 valence electrons. The summed E-state index contributed by atoms with van der Waals surface area (Å²) in [6.07, 6.45) is 2.93. The molecular formula is C10H7IrN4O-. The molecule has 5 nitrogen and oxygen atoms in total. The van der Waals surface area contributed by atoms with Crippen molar-refractivity contribution in [1.29, 1.82) is 0 Å². The number of hydrogen-bond donors (Lipinski definition) is 0. The molecule has 0 saturated carbocycles. The van der Waals surface area contributed by atoms with Crippen molar-refractivity contribution in [3.8, 4) is 11.4 Å². The van der Waals surface area contributed by atoms with Crippen LogP contribution in [0.2, 0.25) is 0 Å². The molecule has 3 aromatic rings. The Morgan fingerprint density at radius 3 is 3.00 bits per heavy atom. The molecule has 0 unspecified atom stereocenters. The van der Waals surface area contributed by atoms with Crippen LogP contribution in [-0.4, -0.2) is 19.7 Å². The average molecular weight is 391 g/mol. The molecule has 0 bridgehead atoms. The van der Waals surface area contributed by atoms with Crippen molar-refractivity contribution in [2.75, 3.05) is 0 Å². The smallest absolute Gasteiger partial charge is 0.169 e. The predicted molar refractivity (Wildman–Crippen MR) is 52.8 cm³/mol. The summed E-state index contributed by atoms with van der Waals surface area (Å²) in [6, 6.07) is 6.72. The molecule has 2 aromatic heterocycles. The topological polar surface area (TPSA) is 56.7 Å². The monoisotopic (exact) mass is 392 g/mol. The minimum absolute atomic E-state index is 0. The van der Waals surface area contributed by atoms with Crippen molar-refractivity contribution in [3.05, 3.63) is 30.9 Å². The first kappa shape index (κ1) is 11.0. The van der Waals surface area contributed by atoms with Crippen LogP contribution in [0, 0.1) is 6.07 Å². The largest absolute Gasteiger partial charge is 0.490 e. The molecule has 0 aliphatic carbocycles. The molecule has 0 aliphatic heterocycles. The Morgan fingerprint density at radius 1 is 1.38 bits per heavy atom. The van der Waals surface area contributed by atoms with Gasteiger partial charge in [-0.15, -0.1) is 23.8 Å². The minimum Gasteiger partial charge on any atom is -0.490 e. The molecule has 0 fully saturated rings. The van der Waals surface area contributed by atoms with Crippen molar-refractivity contribution >= 4 is 11.1 Å². The molecule has 2 heterocycles. The molecule has 6 heteroatoms. The van der Waals surface area contributed by atoms with Gasteiger partial charge in [-0.2, -0.15) is 5.10 Å². The molecule has 16 heavy (non-hydrogen) atoms. The van der Waals surface area contributed by atoms with E-state index >= 15 is 0 Å². The maximum atomic E-state index is 5.14. The first-order valence-electron chi connectivity index (χ1n) is 4.44. The van der Waals surface area contributed by atoms with Gasteiger partial charge in [0.1, 0.15) is 6.33 Å². The van der Waals surface area contributed by atoms with E-state index in [1.54, 1.807) is 10.7 Å². The van der Waals surface area contributed by atoms with E-state index in [0.29, 0.717) is 0 Å². The first-order chi connectivity index (χ1) is 7.34. The number of oxazole rings is 1. The summed E-state index contributed by atoms with van der Waals surface area (Å²) in [5, 5.41) is 4.00. The molecule has 0 saturated heterocycles. The van der Waals surface area contributed by atoms with Crippen LogP contribution in [0.25, 0.3) is 22.5 Å². The normalized spacial score (nSPS) is 10.3. The Hall–Kier alpha value is -1.52. The quantitative estimate of drug-likeness (QED) is 0.589. The van der Waals surface area contributed by atoms with Crippen LogP contribution in [0.1, 0.15) is 0 Å². The molecule has 0 aliphatic rings. The number of aryl methyl sites for hydroxylation is 1. The molecule has 0 N–H and O–H groups in total. The van der Waals surface area contributed by atoms with Crippen LogP contribution >= 0.6 is 0 Å². The predicted octanol–water partition coefficient (Wildman–Crippen LogP) is 1.42. The average Bonchev–Trinajstić information content (AvgIpc) is 2.84. The third-order valence-electron chi connectivity index (χ3n) is 2.22. The number of aromatic nitrogens is 4. The van der Waals surface area contributed by atoms with Crippen molar-refractivity contribution < 1.29 is 24.5 Å². The van der Waals surface area contributed by atoms with Gasteiger partial charge in [-0.05, 0) is 0 Å². The van der Waals surface area contributed by atoms with Crippen LogP contribution in [0.5, 0.6) is 0 Å². The van der Waals surface area contributed by atoms with Gasteiger partial charge < -0.3 is 4.42 Å². The zero-order valence-electron chi connectivity index (χ0n) is 8.34. The van der Waals surface area contributed by atoms with Gasteiger partial charge in [0.2, 0.25) is 0 Å². The zero-order chi connectivity index (χ0) is 10.3. The summed E-state index contributed by atoms with van der Waals surface area (Å²) in [4.78, 5) is 8.21. The number of hydrogen-bond acceptors (Lipinski definition) is 4. The maximum Gasteiger partial charge on any atom is 0.169 e. The summed E-state index contributed by atoms with van der Waals surface area (Å²) in [6.45, 7) is 0. The standard InChI is InChI=1S/C10H7N4O.Ir/c1-14-10(11-5-13-14)7-2-3-9-8(4-7)12-6-15-9;/h3-6H,1H3;/q-1;. The molecule has 1 radical (unpaired) electrons. The Kier molecular flexibility index (Phi) is 2.85. The van der Waals surface area contributed by atoms with E-state index in [2.05, 4.69) is 21.1 Å². The van der Waals surface area contributed by atoms with Crippen LogP contribution in [0.15, 0.2) is 29.3 Å². The van der Waals surface area contributed by atoms with Crippen LogP contribution in [0.4, 0.5) is 0 Å². The van der Waals surface area contributed by atoms with Crippen LogP contribution < -0.4 is 0 Å². The maximum absolute atomic E-state index is 5.14. The van der Waals surface area contributed by atoms with Gasteiger partial charge >= 0.3 is 0 Å². The summed E-state index contributed by atoms with van der Waals surface area (Å²) < 4.78 is 6.83. The fourth-order valence-corrected chi connectivity index (χ4v) is 1.47. The number of fused-ring (bicyclic) bond motifs is 1. The Morgan fingerprint density at radius 2 is 2.25 bits per heavy atom. The van der Waals surface area contributed by atoms with Crippen molar-refractivity contribution in [2.45, 2.75) is 0 Å². The third-order valence-corrected chi connectivity index (χ3v) is 2.22. The summed E-state index contributed by atoms with van der Waals surface area (Å²) in [7, 11) is 1.84. The molecular weight excluding hydrogens is 384 g/mol. The van der Waals surface area contributed by atoms with Gasteiger partial charge in [0, 0.05) is 32.7 Å². The second-order valence-corrected chi connectivity index (χ2v) is 3.16. The van der Waals surface area contributed by atoms with Gasteiger partial charge in [0.15, 0.2) is 6.39 Å². The van der Waals surface area contributed by atoms with E-state index in [1.165, 1.54) is 12.7 Å². The van der Waals surface area contributed by atoms with Gasteiger partial charge in [-0.1, -0.05) is 0 Å².